The number of hydrogen-bond donors (Lipinski definition) is 6. The van der Waals surface area contributed by atoms with Gasteiger partial charge in [-0.25, -0.2) is 11.1 Å². The molecule has 0 spiro atoms. The van der Waals surface area contributed by atoms with Crippen molar-refractivity contribution in [1.82, 2.24) is 0 Å². The van der Waals surface area contributed by atoms with Gasteiger partial charge in [-0.2, -0.15) is 5.26 Å². The van der Waals surface area contributed by atoms with Crippen molar-refractivity contribution in [2.75, 3.05) is 24.7 Å². The molecule has 2 aromatic carbocycles. The molecule has 0 fully saturated rings. The second-order valence-electron chi connectivity index (χ2n) is 4.26. The van der Waals surface area contributed by atoms with Gasteiger partial charge >= 0.3 is 0 Å². The molecule has 0 unspecified atom stereocenters. The van der Waals surface area contributed by atoms with Crippen molar-refractivity contribution in [2.45, 2.75) is 0 Å². The lowest BCUT2D eigenvalue weighted by molar-refractivity contribution is -0.670. The highest BCUT2D eigenvalue weighted by Gasteiger charge is 1.98. The Kier molecular flexibility index (Phi) is 14.2. The number of halogens is 1. The molecule has 9 heteroatoms. The largest absolute Gasteiger partial charge is 1.00 e. The first-order chi connectivity index (χ1) is 11.6. The van der Waals surface area contributed by atoms with E-state index in [1.165, 1.54) is 0 Å². The molecule has 2 aromatic rings. The summed E-state index contributed by atoms with van der Waals surface area (Å²) in [6.45, 7) is 0. The van der Waals surface area contributed by atoms with Gasteiger partial charge < -0.3 is 34.0 Å². The highest BCUT2D eigenvalue weighted by Crippen LogP contribution is 2.09. The van der Waals surface area contributed by atoms with Crippen LogP contribution in [0.15, 0.2) is 53.7 Å². The second kappa shape index (κ2) is 14.6. The Labute approximate surface area is 153 Å². The number of rotatable bonds is 3. The molecule has 0 amide bonds. The Bertz CT molecular complexity index is 688. The first kappa shape index (κ1) is 24.3. The molecule has 0 aromatic heterocycles. The summed E-state index contributed by atoms with van der Waals surface area (Å²) in [5.74, 6) is 2.37. The topological polar surface area (TPSA) is 154 Å². The summed E-state index contributed by atoms with van der Waals surface area (Å²) in [5.41, 5.74) is 8.68. The maximum absolute atomic E-state index is 8.48. The van der Waals surface area contributed by atoms with E-state index in [0.717, 1.165) is 11.4 Å². The molecule has 0 aliphatic rings. The lowest BCUT2D eigenvalue weighted by Crippen LogP contribution is -3.00. The predicted octanol–water partition coefficient (Wildman–Crippen LogP) is -1.96. The zero-order valence-corrected chi connectivity index (χ0v) is 14.8. The Morgan fingerprint density at radius 1 is 1.08 bits per heavy atom. The third-order valence-corrected chi connectivity index (χ3v) is 2.84. The Morgan fingerprint density at radius 2 is 1.60 bits per heavy atom. The van der Waals surface area contributed by atoms with Crippen LogP contribution in [0.1, 0.15) is 11.1 Å². The highest BCUT2D eigenvalue weighted by atomic mass is 35.5. The summed E-state index contributed by atoms with van der Waals surface area (Å²) in [6.07, 6.45) is 0. The van der Waals surface area contributed by atoms with Crippen LogP contribution in [0.3, 0.4) is 0 Å². The molecule has 0 saturated heterocycles. The van der Waals surface area contributed by atoms with E-state index in [1.54, 1.807) is 24.3 Å². The first-order valence-corrected chi connectivity index (χ1v) is 6.89. The molecular weight excluding hydrogens is 344 g/mol. The Hall–Kier alpha value is -2.99. The van der Waals surface area contributed by atoms with Gasteiger partial charge in [0.2, 0.25) is 0 Å². The van der Waals surface area contributed by atoms with Crippen molar-refractivity contribution in [3.8, 4) is 6.07 Å². The summed E-state index contributed by atoms with van der Waals surface area (Å²) in [5, 5.41) is 32.4. The summed E-state index contributed by atoms with van der Waals surface area (Å²) in [4.78, 5) is 0. The van der Waals surface area contributed by atoms with Crippen molar-refractivity contribution >= 4 is 17.2 Å². The average Bonchev–Trinajstić information content (AvgIpc) is 2.69. The molecule has 2 rings (SSSR count). The van der Waals surface area contributed by atoms with Crippen molar-refractivity contribution in [1.29, 1.82) is 5.26 Å². The highest BCUT2D eigenvalue weighted by molar-refractivity contribution is 5.97. The van der Waals surface area contributed by atoms with Crippen LogP contribution in [-0.4, -0.2) is 30.3 Å². The smallest absolute Gasteiger partial charge is 0.170 e. The number of hydrogen-bond acceptors (Lipinski definition) is 6. The number of anilines is 2. The standard InChI is InChI=1S/C8H11N3O.C8H8N2.ClH.H4NO/c1-10-7-4-2-3-6(5-7)8(9)11-12;1-10-8-4-2-3-7(5-8)6-9;;1-2/h2-5,10,12H,1H3,(H2,9,11);2-5,10H,1H3;1H;2H,1H3/q;;;+1/p-1. The van der Waals surface area contributed by atoms with Gasteiger partial charge in [0.1, 0.15) is 0 Å². The zero-order chi connectivity index (χ0) is 18.4. The van der Waals surface area contributed by atoms with Gasteiger partial charge in [0.15, 0.2) is 5.84 Å². The van der Waals surface area contributed by atoms with Crippen LogP contribution in [0.4, 0.5) is 11.4 Å². The second-order valence-corrected chi connectivity index (χ2v) is 4.26. The fourth-order valence-electron chi connectivity index (χ4n) is 1.64. The Balaban J connectivity index is 0. The van der Waals surface area contributed by atoms with Crippen LogP contribution in [0.25, 0.3) is 0 Å². The normalized spacial score (nSPS) is 9.00. The molecule has 0 aliphatic carbocycles. The van der Waals surface area contributed by atoms with Crippen molar-refractivity contribution in [3.63, 3.8) is 0 Å². The third kappa shape index (κ3) is 9.02. The minimum atomic E-state index is 0. The van der Waals surface area contributed by atoms with Crippen LogP contribution < -0.4 is 34.7 Å². The molecule has 0 bridgehead atoms. The van der Waals surface area contributed by atoms with Gasteiger partial charge in [-0.05, 0) is 30.3 Å². The summed E-state index contributed by atoms with van der Waals surface area (Å²) in [6, 6.07) is 16.7. The molecular formula is C16H23ClN6O2. The predicted molar refractivity (Wildman–Crippen MR) is 93.9 cm³/mol. The minimum absolute atomic E-state index is 0. The van der Waals surface area contributed by atoms with Crippen LogP contribution in [0, 0.1) is 11.3 Å². The number of nitrogens with zero attached hydrogens (tertiary/aromatic N) is 2. The van der Waals surface area contributed by atoms with Gasteiger partial charge in [0.05, 0.1) is 11.6 Å². The monoisotopic (exact) mass is 366 g/mol. The van der Waals surface area contributed by atoms with Crippen molar-refractivity contribution in [2.24, 2.45) is 10.9 Å². The molecule has 0 aliphatic heterocycles. The summed E-state index contributed by atoms with van der Waals surface area (Å²) in [7, 11) is 3.64. The van der Waals surface area contributed by atoms with E-state index in [-0.39, 0.29) is 18.2 Å². The number of amidine groups is 1. The van der Waals surface area contributed by atoms with Crippen LogP contribution in [-0.2, 0) is 0 Å². The number of oxime groups is 1. The maximum Gasteiger partial charge on any atom is 0.170 e. The third-order valence-electron chi connectivity index (χ3n) is 2.84. The number of benzene rings is 2. The number of nitrogens with two attached hydrogens (primary N) is 1. The molecule has 0 atom stereocenters. The van der Waals surface area contributed by atoms with E-state index in [1.807, 2.05) is 38.4 Å². The lowest BCUT2D eigenvalue weighted by atomic mass is 10.2. The lowest BCUT2D eigenvalue weighted by Gasteiger charge is -2.02. The van der Waals surface area contributed by atoms with E-state index in [9.17, 15) is 0 Å². The summed E-state index contributed by atoms with van der Waals surface area (Å²) >= 11 is 0. The van der Waals surface area contributed by atoms with Crippen LogP contribution in [0.2, 0.25) is 0 Å². The first-order valence-electron chi connectivity index (χ1n) is 6.89. The minimum Gasteiger partial charge on any atom is -1.00 e. The van der Waals surface area contributed by atoms with Crippen molar-refractivity contribution < 1.29 is 28.7 Å². The maximum atomic E-state index is 8.48. The van der Waals surface area contributed by atoms with Gasteiger partial charge in [-0.3, -0.25) is 0 Å². The number of nitrogens with one attached hydrogen (secondary N) is 2. The van der Waals surface area contributed by atoms with E-state index in [4.69, 9.17) is 21.4 Å². The molecule has 8 nitrogen and oxygen atoms in total. The van der Waals surface area contributed by atoms with E-state index in [0.29, 0.717) is 11.1 Å². The van der Waals surface area contributed by atoms with Gasteiger partial charge in [0, 0.05) is 31.0 Å². The summed E-state index contributed by atoms with van der Waals surface area (Å²) < 4.78 is 0. The molecule has 136 valence electrons. The van der Waals surface area contributed by atoms with E-state index in [2.05, 4.69) is 27.8 Å². The molecule has 0 heterocycles. The fraction of sp³-hybridized carbons (Fsp3) is 0.125. The van der Waals surface area contributed by atoms with Gasteiger partial charge in [-0.1, -0.05) is 23.4 Å². The molecule has 9 N–H and O–H groups in total. The average molecular weight is 367 g/mol. The molecule has 0 saturated carbocycles. The van der Waals surface area contributed by atoms with Gasteiger partial charge in [0.25, 0.3) is 0 Å². The van der Waals surface area contributed by atoms with Crippen LogP contribution in [0.5, 0.6) is 0 Å². The van der Waals surface area contributed by atoms with Gasteiger partial charge in [-0.15, -0.1) is 0 Å². The van der Waals surface area contributed by atoms with Crippen LogP contribution >= 0.6 is 0 Å². The SMILES string of the molecule is CNc1cccc(C#N)c1.CNc1cccc(C(N)=NO)c1.[Cl-].[NH3+]O. The Morgan fingerprint density at radius 3 is 2.08 bits per heavy atom. The van der Waals surface area contributed by atoms with E-state index < -0.39 is 0 Å². The zero-order valence-electron chi connectivity index (χ0n) is 14.1. The molecule has 25 heavy (non-hydrogen) atoms. The fourth-order valence-corrected chi connectivity index (χ4v) is 1.64. The number of nitriles is 1. The van der Waals surface area contributed by atoms with E-state index >= 15 is 0 Å². The quantitative estimate of drug-likeness (QED) is 0.160. The van der Waals surface area contributed by atoms with Crippen molar-refractivity contribution in [3.05, 3.63) is 59.7 Å². The molecule has 0 radical (unpaired) electrons. The number of quaternary nitrogens is 1.